The van der Waals surface area contributed by atoms with Crippen LogP contribution in [-0.2, 0) is 17.7 Å². The van der Waals surface area contributed by atoms with E-state index in [2.05, 4.69) is 10.2 Å². The van der Waals surface area contributed by atoms with Crippen LogP contribution in [0.1, 0.15) is 40.3 Å². The van der Waals surface area contributed by atoms with Gasteiger partial charge in [0.25, 0.3) is 11.5 Å². The lowest BCUT2D eigenvalue weighted by molar-refractivity contribution is 0.103. The number of amides is 1. The van der Waals surface area contributed by atoms with E-state index in [1.165, 1.54) is 11.3 Å². The molecule has 162 valence electrons. The van der Waals surface area contributed by atoms with Crippen molar-refractivity contribution in [3.05, 3.63) is 50.9 Å². The van der Waals surface area contributed by atoms with Crippen LogP contribution in [0, 0.1) is 6.92 Å². The van der Waals surface area contributed by atoms with E-state index in [1.807, 2.05) is 35.8 Å². The maximum Gasteiger partial charge on any atom is 0.266 e. The van der Waals surface area contributed by atoms with Crippen LogP contribution in [0.2, 0.25) is 0 Å². The molecule has 2 aliphatic rings. The van der Waals surface area contributed by atoms with Gasteiger partial charge in [0.1, 0.15) is 10.7 Å². The fraction of sp³-hybridized carbons (Fsp3) is 0.435. The number of thiophene rings is 1. The van der Waals surface area contributed by atoms with Gasteiger partial charge < -0.3 is 15.0 Å². The number of morpholine rings is 1. The van der Waals surface area contributed by atoms with Crippen molar-refractivity contribution >= 4 is 38.8 Å². The third-order valence-corrected chi connectivity index (χ3v) is 7.28. The van der Waals surface area contributed by atoms with Gasteiger partial charge in [0.2, 0.25) is 0 Å². The number of anilines is 2. The van der Waals surface area contributed by atoms with E-state index in [0.29, 0.717) is 34.9 Å². The predicted octanol–water partition coefficient (Wildman–Crippen LogP) is 3.58. The van der Waals surface area contributed by atoms with Crippen LogP contribution in [0.15, 0.2) is 29.1 Å². The molecule has 1 amide bonds. The van der Waals surface area contributed by atoms with Crippen LogP contribution < -0.4 is 15.8 Å². The third-order valence-electron chi connectivity index (χ3n) is 6.10. The molecule has 0 spiro atoms. The van der Waals surface area contributed by atoms with E-state index in [-0.39, 0.29) is 11.5 Å². The largest absolute Gasteiger partial charge is 0.378 e. The summed E-state index contributed by atoms with van der Waals surface area (Å²) in [6, 6.07) is 7.87. The lowest BCUT2D eigenvalue weighted by Crippen LogP contribution is -2.36. The zero-order valence-corrected chi connectivity index (χ0v) is 18.5. The summed E-state index contributed by atoms with van der Waals surface area (Å²) in [6.45, 7) is 5.67. The van der Waals surface area contributed by atoms with Crippen LogP contribution in [0.25, 0.3) is 10.2 Å². The summed E-state index contributed by atoms with van der Waals surface area (Å²) in [5.74, 6) is 0.653. The normalized spacial score (nSPS) is 16.7. The Bertz CT molecular complexity index is 1190. The van der Waals surface area contributed by atoms with Crippen molar-refractivity contribution in [2.24, 2.45) is 0 Å². The van der Waals surface area contributed by atoms with Crippen molar-refractivity contribution < 1.29 is 9.53 Å². The molecule has 2 aliphatic heterocycles. The molecule has 0 radical (unpaired) electrons. The molecule has 0 saturated carbocycles. The second kappa shape index (κ2) is 8.43. The standard InChI is InChI=1S/C23H26N4O3S/c1-15-19-22(25-18-8-3-2-4-9-27(18)23(19)29)31-20(15)21(28)24-16-6-5-7-17(14-16)26-10-12-30-13-11-26/h5-7,14H,2-4,8-13H2,1H3,(H,24,28). The SMILES string of the molecule is Cc1c(C(=O)Nc2cccc(N3CCOCC3)c2)sc2nc3n(c(=O)c12)CCCCC3. The Hall–Kier alpha value is -2.71. The number of benzene rings is 1. The van der Waals surface area contributed by atoms with Gasteiger partial charge in [0.15, 0.2) is 0 Å². The summed E-state index contributed by atoms with van der Waals surface area (Å²) in [4.78, 5) is 34.5. The molecule has 0 aliphatic carbocycles. The second-order valence-corrected chi connectivity index (χ2v) is 9.13. The maximum absolute atomic E-state index is 13.1. The van der Waals surface area contributed by atoms with Gasteiger partial charge in [-0.25, -0.2) is 4.98 Å². The molecule has 1 aromatic carbocycles. The summed E-state index contributed by atoms with van der Waals surface area (Å²) in [7, 11) is 0. The summed E-state index contributed by atoms with van der Waals surface area (Å²) in [5.41, 5.74) is 2.52. The van der Waals surface area contributed by atoms with Gasteiger partial charge in [-0.3, -0.25) is 14.2 Å². The van der Waals surface area contributed by atoms with Crippen LogP contribution >= 0.6 is 11.3 Å². The topological polar surface area (TPSA) is 76.5 Å². The number of rotatable bonds is 3. The minimum absolute atomic E-state index is 0.0102. The minimum Gasteiger partial charge on any atom is -0.378 e. The lowest BCUT2D eigenvalue weighted by Gasteiger charge is -2.29. The van der Waals surface area contributed by atoms with E-state index in [1.54, 1.807) is 0 Å². The lowest BCUT2D eigenvalue weighted by atomic mass is 10.2. The van der Waals surface area contributed by atoms with Gasteiger partial charge in [-0.1, -0.05) is 12.5 Å². The number of nitrogens with one attached hydrogen (secondary N) is 1. The van der Waals surface area contributed by atoms with Crippen molar-refractivity contribution in [2.45, 2.75) is 39.2 Å². The van der Waals surface area contributed by atoms with E-state index >= 15 is 0 Å². The molecule has 0 bridgehead atoms. The number of hydrogen-bond acceptors (Lipinski definition) is 6. The molecule has 1 saturated heterocycles. The highest BCUT2D eigenvalue weighted by molar-refractivity contribution is 7.20. The molecule has 31 heavy (non-hydrogen) atoms. The number of aromatic nitrogens is 2. The molecule has 7 nitrogen and oxygen atoms in total. The molecule has 5 rings (SSSR count). The number of fused-ring (bicyclic) bond motifs is 2. The Morgan fingerprint density at radius 2 is 2.00 bits per heavy atom. The highest BCUT2D eigenvalue weighted by Crippen LogP contribution is 2.29. The smallest absolute Gasteiger partial charge is 0.266 e. The van der Waals surface area contributed by atoms with Gasteiger partial charge in [-0.05, 0) is 43.5 Å². The first-order valence-corrected chi connectivity index (χ1v) is 11.7. The van der Waals surface area contributed by atoms with Crippen LogP contribution in [0.3, 0.4) is 0 Å². The Kier molecular flexibility index (Phi) is 5.50. The zero-order chi connectivity index (χ0) is 21.4. The van der Waals surface area contributed by atoms with Gasteiger partial charge >= 0.3 is 0 Å². The molecule has 1 fully saturated rings. The monoisotopic (exact) mass is 438 g/mol. The number of aryl methyl sites for hydroxylation is 2. The molecule has 4 heterocycles. The highest BCUT2D eigenvalue weighted by Gasteiger charge is 2.22. The molecule has 8 heteroatoms. The maximum atomic E-state index is 13.1. The van der Waals surface area contributed by atoms with Gasteiger partial charge in [-0.15, -0.1) is 11.3 Å². The predicted molar refractivity (Wildman–Crippen MR) is 124 cm³/mol. The number of carbonyl (C=O) groups excluding carboxylic acids is 1. The van der Waals surface area contributed by atoms with E-state index in [9.17, 15) is 9.59 Å². The average molecular weight is 439 g/mol. The summed E-state index contributed by atoms with van der Waals surface area (Å²) >= 11 is 1.31. The third kappa shape index (κ3) is 3.85. The van der Waals surface area contributed by atoms with E-state index in [0.717, 1.165) is 61.5 Å². The number of carbonyl (C=O) groups is 1. The minimum atomic E-state index is -0.195. The quantitative estimate of drug-likeness (QED) is 0.676. The first kappa shape index (κ1) is 20.2. The van der Waals surface area contributed by atoms with Crippen molar-refractivity contribution in [3.63, 3.8) is 0 Å². The Morgan fingerprint density at radius 1 is 1.16 bits per heavy atom. The van der Waals surface area contributed by atoms with Crippen molar-refractivity contribution in [1.29, 1.82) is 0 Å². The molecular formula is C23H26N4O3S. The number of nitrogens with zero attached hydrogens (tertiary/aromatic N) is 3. The van der Waals surface area contributed by atoms with E-state index < -0.39 is 0 Å². The second-order valence-electron chi connectivity index (χ2n) is 8.14. The molecule has 1 N–H and O–H groups in total. The van der Waals surface area contributed by atoms with Gasteiger partial charge in [0, 0.05) is 37.4 Å². The molecule has 0 atom stereocenters. The first-order valence-electron chi connectivity index (χ1n) is 10.9. The van der Waals surface area contributed by atoms with Gasteiger partial charge in [-0.2, -0.15) is 0 Å². The van der Waals surface area contributed by atoms with Crippen LogP contribution in [-0.4, -0.2) is 41.8 Å². The Morgan fingerprint density at radius 3 is 2.84 bits per heavy atom. The molecule has 0 unspecified atom stereocenters. The fourth-order valence-corrected chi connectivity index (χ4v) is 5.50. The molecule has 2 aromatic heterocycles. The summed E-state index contributed by atoms with van der Waals surface area (Å²) in [6.07, 6.45) is 3.98. The summed E-state index contributed by atoms with van der Waals surface area (Å²) in [5, 5.41) is 3.60. The molecule has 3 aromatic rings. The average Bonchev–Trinajstić information content (AvgIpc) is 2.95. The summed E-state index contributed by atoms with van der Waals surface area (Å²) < 4.78 is 7.23. The fourth-order valence-electron chi connectivity index (χ4n) is 4.42. The Labute approximate surface area is 184 Å². The van der Waals surface area contributed by atoms with Crippen molar-refractivity contribution in [2.75, 3.05) is 36.5 Å². The number of ether oxygens (including phenoxy) is 1. The van der Waals surface area contributed by atoms with E-state index in [4.69, 9.17) is 9.72 Å². The first-order chi connectivity index (χ1) is 15.1. The van der Waals surface area contributed by atoms with Gasteiger partial charge in [0.05, 0.1) is 23.5 Å². The zero-order valence-electron chi connectivity index (χ0n) is 17.6. The highest BCUT2D eigenvalue weighted by atomic mass is 32.1. The number of hydrogen-bond donors (Lipinski definition) is 1. The van der Waals surface area contributed by atoms with Crippen LogP contribution in [0.4, 0.5) is 11.4 Å². The van der Waals surface area contributed by atoms with Crippen molar-refractivity contribution in [1.82, 2.24) is 9.55 Å². The van der Waals surface area contributed by atoms with Crippen LogP contribution in [0.5, 0.6) is 0 Å². The molecular weight excluding hydrogens is 412 g/mol. The van der Waals surface area contributed by atoms with Crippen molar-refractivity contribution in [3.8, 4) is 0 Å². The Balaban J connectivity index is 1.45.